The second-order valence-electron chi connectivity index (χ2n) is 3.18. The monoisotopic (exact) mass is 245 g/mol. The highest BCUT2D eigenvalue weighted by atomic mass is 35.5. The molecular formula is C10H12ClNO4. The van der Waals surface area contributed by atoms with Gasteiger partial charge < -0.3 is 24.7 Å². The summed E-state index contributed by atoms with van der Waals surface area (Å²) in [6, 6.07) is 1.62. The molecule has 0 bridgehead atoms. The molecule has 0 aromatic heterocycles. The Morgan fingerprint density at radius 2 is 2.25 bits per heavy atom. The van der Waals surface area contributed by atoms with Gasteiger partial charge in [-0.25, -0.2) is 0 Å². The van der Waals surface area contributed by atoms with Crippen molar-refractivity contribution in [3.63, 3.8) is 0 Å². The molecule has 0 saturated carbocycles. The number of nitrogen functional groups attached to an aromatic ring is 1. The van der Waals surface area contributed by atoms with E-state index in [9.17, 15) is 0 Å². The van der Waals surface area contributed by atoms with Crippen molar-refractivity contribution in [1.82, 2.24) is 0 Å². The second kappa shape index (κ2) is 4.67. The molecule has 88 valence electrons. The van der Waals surface area contributed by atoms with Gasteiger partial charge in [-0.3, -0.25) is 0 Å². The lowest BCUT2D eigenvalue weighted by atomic mass is 10.2. The van der Waals surface area contributed by atoms with Gasteiger partial charge in [-0.05, 0) is 0 Å². The minimum Gasteiger partial charge on any atom is -0.486 e. The maximum Gasteiger partial charge on any atom is 0.231 e. The molecule has 0 fully saturated rings. The lowest BCUT2D eigenvalue weighted by molar-refractivity contribution is 0.140. The summed E-state index contributed by atoms with van der Waals surface area (Å²) < 4.78 is 20.8. The maximum absolute atomic E-state index is 6.03. The van der Waals surface area contributed by atoms with Crippen LogP contribution < -0.4 is 19.9 Å². The maximum atomic E-state index is 6.03. The van der Waals surface area contributed by atoms with Crippen LogP contribution in [0.4, 0.5) is 5.69 Å². The van der Waals surface area contributed by atoms with Crippen molar-refractivity contribution in [1.29, 1.82) is 0 Å². The third kappa shape index (κ3) is 1.96. The normalized spacial score (nSPS) is 12.9. The lowest BCUT2D eigenvalue weighted by Gasteiger charge is -2.11. The van der Waals surface area contributed by atoms with E-state index in [0.29, 0.717) is 41.2 Å². The standard InChI is InChI=1S/C10H12ClNO4/c1-13-2-3-14-10-8(11)6(12)4-7-9(10)16-5-15-7/h4H,2-3,5,12H2,1H3. The Morgan fingerprint density at radius 1 is 1.44 bits per heavy atom. The molecule has 0 spiro atoms. The molecule has 0 aliphatic carbocycles. The summed E-state index contributed by atoms with van der Waals surface area (Å²) in [5.74, 6) is 1.45. The second-order valence-corrected chi connectivity index (χ2v) is 3.56. The topological polar surface area (TPSA) is 62.9 Å². The number of fused-ring (bicyclic) bond motifs is 1. The predicted octanol–water partition coefficient (Wildman–Crippen LogP) is 1.68. The van der Waals surface area contributed by atoms with E-state index in [1.807, 2.05) is 0 Å². The summed E-state index contributed by atoms with van der Waals surface area (Å²) in [4.78, 5) is 0. The van der Waals surface area contributed by atoms with Crippen LogP contribution in [-0.2, 0) is 4.74 Å². The molecular weight excluding hydrogens is 234 g/mol. The minimum atomic E-state index is 0.149. The summed E-state index contributed by atoms with van der Waals surface area (Å²) >= 11 is 6.03. The zero-order valence-electron chi connectivity index (χ0n) is 8.79. The van der Waals surface area contributed by atoms with Crippen molar-refractivity contribution < 1.29 is 18.9 Å². The van der Waals surface area contributed by atoms with E-state index in [0.717, 1.165) is 0 Å². The highest BCUT2D eigenvalue weighted by Gasteiger charge is 2.24. The van der Waals surface area contributed by atoms with Crippen molar-refractivity contribution in [2.45, 2.75) is 0 Å². The van der Waals surface area contributed by atoms with E-state index in [2.05, 4.69) is 0 Å². The number of hydrogen-bond donors (Lipinski definition) is 1. The fraction of sp³-hybridized carbons (Fsp3) is 0.400. The molecule has 1 aromatic carbocycles. The third-order valence-electron chi connectivity index (χ3n) is 2.12. The minimum absolute atomic E-state index is 0.149. The Hall–Kier alpha value is -1.33. The average Bonchev–Trinajstić information content (AvgIpc) is 2.71. The fourth-order valence-corrected chi connectivity index (χ4v) is 1.56. The molecule has 16 heavy (non-hydrogen) atoms. The Morgan fingerprint density at radius 3 is 3.00 bits per heavy atom. The Balaban J connectivity index is 2.27. The molecule has 1 aliphatic heterocycles. The Labute approximate surface area is 98.0 Å². The smallest absolute Gasteiger partial charge is 0.231 e. The van der Waals surface area contributed by atoms with Gasteiger partial charge in [0.15, 0.2) is 11.5 Å². The Bertz CT molecular complexity index is 397. The Kier molecular flexibility index (Phi) is 3.26. The van der Waals surface area contributed by atoms with Crippen molar-refractivity contribution in [3.8, 4) is 17.2 Å². The van der Waals surface area contributed by atoms with E-state index in [4.69, 9.17) is 36.3 Å². The predicted molar refractivity (Wildman–Crippen MR) is 59.4 cm³/mol. The fourth-order valence-electron chi connectivity index (χ4n) is 1.36. The van der Waals surface area contributed by atoms with Crippen molar-refractivity contribution in [2.75, 3.05) is 32.9 Å². The molecule has 5 nitrogen and oxygen atoms in total. The van der Waals surface area contributed by atoms with E-state index in [1.165, 1.54) is 0 Å². The van der Waals surface area contributed by atoms with E-state index in [1.54, 1.807) is 13.2 Å². The molecule has 0 unspecified atom stereocenters. The highest BCUT2D eigenvalue weighted by molar-refractivity contribution is 6.35. The van der Waals surface area contributed by atoms with Crippen LogP contribution in [0, 0.1) is 0 Å². The molecule has 1 aromatic rings. The quantitative estimate of drug-likeness (QED) is 0.646. The first-order valence-corrected chi connectivity index (χ1v) is 5.11. The SMILES string of the molecule is COCCOc1c(Cl)c(N)cc2c1OCO2. The number of hydrogen-bond acceptors (Lipinski definition) is 5. The number of nitrogens with two attached hydrogens (primary N) is 1. The first-order valence-electron chi connectivity index (χ1n) is 4.73. The molecule has 0 radical (unpaired) electrons. The van der Waals surface area contributed by atoms with E-state index in [-0.39, 0.29) is 6.79 Å². The van der Waals surface area contributed by atoms with Crippen LogP contribution in [0.25, 0.3) is 0 Å². The van der Waals surface area contributed by atoms with Gasteiger partial charge in [0.2, 0.25) is 12.5 Å². The van der Waals surface area contributed by atoms with Crippen LogP contribution >= 0.6 is 11.6 Å². The number of anilines is 1. The van der Waals surface area contributed by atoms with Gasteiger partial charge in [0.25, 0.3) is 0 Å². The molecule has 0 amide bonds. The number of rotatable bonds is 4. The highest BCUT2D eigenvalue weighted by Crippen LogP contribution is 2.48. The largest absolute Gasteiger partial charge is 0.486 e. The van der Waals surface area contributed by atoms with Gasteiger partial charge in [-0.1, -0.05) is 11.6 Å². The van der Waals surface area contributed by atoms with Gasteiger partial charge in [0, 0.05) is 13.2 Å². The third-order valence-corrected chi connectivity index (χ3v) is 2.51. The zero-order chi connectivity index (χ0) is 11.5. The molecule has 2 rings (SSSR count). The summed E-state index contributed by atoms with van der Waals surface area (Å²) in [6.07, 6.45) is 0. The summed E-state index contributed by atoms with van der Waals surface area (Å²) in [7, 11) is 1.59. The van der Waals surface area contributed by atoms with Gasteiger partial charge in [0.05, 0.1) is 12.3 Å². The number of methoxy groups -OCH3 is 1. The van der Waals surface area contributed by atoms with Crippen LogP contribution in [0.2, 0.25) is 5.02 Å². The van der Waals surface area contributed by atoms with Gasteiger partial charge in [0.1, 0.15) is 11.6 Å². The van der Waals surface area contributed by atoms with Crippen molar-refractivity contribution in [2.24, 2.45) is 0 Å². The zero-order valence-corrected chi connectivity index (χ0v) is 9.54. The molecule has 0 atom stereocenters. The lowest BCUT2D eigenvalue weighted by Crippen LogP contribution is -2.06. The van der Waals surface area contributed by atoms with Crippen LogP contribution in [-0.4, -0.2) is 27.1 Å². The van der Waals surface area contributed by atoms with Crippen molar-refractivity contribution >= 4 is 17.3 Å². The summed E-state index contributed by atoms with van der Waals surface area (Å²) in [5, 5.41) is 0.334. The summed E-state index contributed by atoms with van der Waals surface area (Å²) in [5.41, 5.74) is 6.12. The van der Waals surface area contributed by atoms with E-state index >= 15 is 0 Å². The first-order chi connectivity index (χ1) is 7.74. The molecule has 0 saturated heterocycles. The van der Waals surface area contributed by atoms with Gasteiger partial charge >= 0.3 is 0 Å². The average molecular weight is 246 g/mol. The van der Waals surface area contributed by atoms with Crippen LogP contribution in [0.1, 0.15) is 0 Å². The number of halogens is 1. The number of ether oxygens (including phenoxy) is 4. The van der Waals surface area contributed by atoms with Gasteiger partial charge in [-0.2, -0.15) is 0 Å². The van der Waals surface area contributed by atoms with Crippen LogP contribution in [0.15, 0.2) is 6.07 Å². The molecule has 6 heteroatoms. The first kappa shape index (κ1) is 11.2. The summed E-state index contributed by atoms with van der Waals surface area (Å²) in [6.45, 7) is 0.978. The van der Waals surface area contributed by atoms with E-state index < -0.39 is 0 Å². The van der Waals surface area contributed by atoms with Crippen LogP contribution in [0.3, 0.4) is 0 Å². The molecule has 2 N–H and O–H groups in total. The molecule has 1 heterocycles. The number of benzene rings is 1. The molecule has 1 aliphatic rings. The van der Waals surface area contributed by atoms with Gasteiger partial charge in [-0.15, -0.1) is 0 Å². The van der Waals surface area contributed by atoms with Crippen molar-refractivity contribution in [3.05, 3.63) is 11.1 Å². The van der Waals surface area contributed by atoms with Crippen LogP contribution in [0.5, 0.6) is 17.2 Å².